The second-order valence-corrected chi connectivity index (χ2v) is 8.32. The van der Waals surface area contributed by atoms with Gasteiger partial charge in [0.15, 0.2) is 6.23 Å². The maximum Gasteiger partial charge on any atom is 0.268 e. The number of benzene rings is 1. The number of aryl methyl sites for hydroxylation is 1. The van der Waals surface area contributed by atoms with Gasteiger partial charge in [0.2, 0.25) is 11.8 Å². The molecule has 1 aromatic rings. The first kappa shape index (κ1) is 24.5. The number of hydrogen-bond donors (Lipinski definition) is 5. The number of rotatable bonds is 11. The van der Waals surface area contributed by atoms with Crippen molar-refractivity contribution in [3.63, 3.8) is 0 Å². The summed E-state index contributed by atoms with van der Waals surface area (Å²) in [4.78, 5) is 48.4. The van der Waals surface area contributed by atoms with Crippen LogP contribution in [-0.2, 0) is 19.2 Å². The van der Waals surface area contributed by atoms with Gasteiger partial charge in [0, 0.05) is 18.2 Å². The van der Waals surface area contributed by atoms with Crippen LogP contribution in [0.15, 0.2) is 24.3 Å². The molecule has 0 saturated carbocycles. The number of aldehydes is 1. The number of carbonyl (C=O) groups excluding carboxylic acids is 4. The van der Waals surface area contributed by atoms with Crippen LogP contribution in [0.25, 0.3) is 0 Å². The molecule has 0 spiro atoms. The van der Waals surface area contributed by atoms with E-state index in [2.05, 4.69) is 21.3 Å². The van der Waals surface area contributed by atoms with Gasteiger partial charge in [0.25, 0.3) is 5.91 Å². The number of hydrogen-bond acceptors (Lipinski definition) is 6. The number of aliphatic hydroxyl groups is 1. The van der Waals surface area contributed by atoms with Gasteiger partial charge in [-0.2, -0.15) is 0 Å². The highest BCUT2D eigenvalue weighted by Crippen LogP contribution is 2.16. The molecule has 31 heavy (non-hydrogen) atoms. The molecule has 1 fully saturated rings. The van der Waals surface area contributed by atoms with Gasteiger partial charge >= 0.3 is 0 Å². The van der Waals surface area contributed by atoms with Crippen LogP contribution in [0.3, 0.4) is 0 Å². The van der Waals surface area contributed by atoms with E-state index in [1.54, 1.807) is 12.1 Å². The van der Waals surface area contributed by atoms with E-state index in [-0.39, 0.29) is 24.2 Å². The number of amides is 3. The fourth-order valence-corrected chi connectivity index (χ4v) is 3.51. The van der Waals surface area contributed by atoms with Crippen molar-refractivity contribution >= 4 is 29.7 Å². The van der Waals surface area contributed by atoms with Crippen LogP contribution in [0.1, 0.15) is 38.7 Å². The molecule has 0 bridgehead atoms. The van der Waals surface area contributed by atoms with Crippen LogP contribution >= 0.6 is 0 Å². The molecule has 2 rings (SSSR count). The molecule has 4 atom stereocenters. The minimum absolute atomic E-state index is 0.0881. The molecule has 1 aliphatic heterocycles. The molecule has 3 amide bonds. The summed E-state index contributed by atoms with van der Waals surface area (Å²) in [7, 11) is 0. The lowest BCUT2D eigenvalue weighted by Gasteiger charge is -2.25. The number of anilines is 1. The number of carbonyl (C=O) groups is 4. The Morgan fingerprint density at radius 3 is 2.55 bits per heavy atom. The average Bonchev–Trinajstić information content (AvgIpc) is 3.12. The summed E-state index contributed by atoms with van der Waals surface area (Å²) < 4.78 is 0. The summed E-state index contributed by atoms with van der Waals surface area (Å²) >= 11 is 0. The van der Waals surface area contributed by atoms with Crippen molar-refractivity contribution in [3.05, 3.63) is 29.8 Å². The quantitative estimate of drug-likeness (QED) is 0.255. The average molecular weight is 433 g/mol. The van der Waals surface area contributed by atoms with E-state index in [1.807, 2.05) is 32.9 Å². The van der Waals surface area contributed by atoms with Gasteiger partial charge in [0.05, 0.1) is 12.1 Å². The lowest BCUT2D eigenvalue weighted by molar-refractivity contribution is -0.131. The van der Waals surface area contributed by atoms with Crippen LogP contribution < -0.4 is 21.3 Å². The molecule has 0 aromatic heterocycles. The predicted molar refractivity (Wildman–Crippen MR) is 116 cm³/mol. The summed E-state index contributed by atoms with van der Waals surface area (Å²) in [5.41, 5.74) is 1.40. The largest absolute Gasteiger partial charge is 0.370 e. The summed E-state index contributed by atoms with van der Waals surface area (Å²) in [5, 5.41) is 21.0. The number of nitrogens with one attached hydrogen (secondary N) is 4. The van der Waals surface area contributed by atoms with Crippen molar-refractivity contribution in [3.8, 4) is 0 Å². The Kier molecular flexibility index (Phi) is 9.14. The van der Waals surface area contributed by atoms with Gasteiger partial charge in [0.1, 0.15) is 6.29 Å². The second kappa shape index (κ2) is 11.6. The van der Waals surface area contributed by atoms with Crippen molar-refractivity contribution in [2.75, 3.05) is 11.9 Å². The van der Waals surface area contributed by atoms with Crippen molar-refractivity contribution in [1.29, 1.82) is 0 Å². The van der Waals surface area contributed by atoms with Crippen LogP contribution in [0.2, 0.25) is 0 Å². The smallest absolute Gasteiger partial charge is 0.268 e. The fourth-order valence-electron chi connectivity index (χ4n) is 3.51. The minimum atomic E-state index is -1.62. The first-order chi connectivity index (χ1) is 14.7. The van der Waals surface area contributed by atoms with E-state index in [0.717, 1.165) is 5.56 Å². The zero-order valence-electron chi connectivity index (χ0n) is 18.2. The lowest BCUT2D eigenvalue weighted by Crippen LogP contribution is -2.54. The summed E-state index contributed by atoms with van der Waals surface area (Å²) in [6.45, 7) is 6.20. The topological polar surface area (TPSA) is 137 Å². The fraction of sp³-hybridized carbons (Fsp3) is 0.545. The Morgan fingerprint density at radius 1 is 1.26 bits per heavy atom. The highest BCUT2D eigenvalue weighted by molar-refractivity contribution is 5.95. The third-order valence-electron chi connectivity index (χ3n) is 5.23. The lowest BCUT2D eigenvalue weighted by atomic mass is 9.98. The second-order valence-electron chi connectivity index (χ2n) is 8.32. The van der Waals surface area contributed by atoms with Crippen molar-refractivity contribution in [2.45, 2.75) is 58.3 Å². The molecule has 1 heterocycles. The van der Waals surface area contributed by atoms with Gasteiger partial charge < -0.3 is 25.9 Å². The number of aliphatic hydroxyl groups excluding tert-OH is 1. The van der Waals surface area contributed by atoms with Gasteiger partial charge in [-0.25, -0.2) is 0 Å². The van der Waals surface area contributed by atoms with Gasteiger partial charge in [-0.3, -0.25) is 19.7 Å². The normalized spacial score (nSPS) is 18.7. The predicted octanol–water partition coefficient (Wildman–Crippen LogP) is 0.466. The summed E-state index contributed by atoms with van der Waals surface area (Å²) in [5.74, 6) is -1.55. The Bertz CT molecular complexity index is 798. The SMILES string of the molecule is Cc1ccccc1NC(=O)C(O)N[C@@H](CC(C)C)C(=O)N[C@H](C=O)C[C@@H]1CCNC1=O. The van der Waals surface area contributed by atoms with Crippen molar-refractivity contribution in [1.82, 2.24) is 16.0 Å². The van der Waals surface area contributed by atoms with Gasteiger partial charge in [-0.05, 0) is 43.7 Å². The zero-order chi connectivity index (χ0) is 23.0. The Balaban J connectivity index is 1.99. The molecule has 170 valence electrons. The molecule has 1 unspecified atom stereocenters. The highest BCUT2D eigenvalue weighted by atomic mass is 16.3. The maximum atomic E-state index is 12.8. The number of para-hydroxylation sites is 1. The molecule has 1 aliphatic rings. The van der Waals surface area contributed by atoms with Crippen LogP contribution in [0, 0.1) is 18.8 Å². The Labute approximate surface area is 182 Å². The summed E-state index contributed by atoms with van der Waals surface area (Å²) in [6, 6.07) is 5.43. The van der Waals surface area contributed by atoms with Gasteiger partial charge in [-0.15, -0.1) is 0 Å². The Hall–Kier alpha value is -2.78. The molecule has 9 nitrogen and oxygen atoms in total. The molecular formula is C22H32N4O5. The molecule has 9 heteroatoms. The van der Waals surface area contributed by atoms with Crippen LogP contribution in [0.5, 0.6) is 0 Å². The van der Waals surface area contributed by atoms with E-state index < -0.39 is 30.1 Å². The van der Waals surface area contributed by atoms with E-state index >= 15 is 0 Å². The third-order valence-corrected chi connectivity index (χ3v) is 5.23. The monoisotopic (exact) mass is 432 g/mol. The Morgan fingerprint density at radius 2 is 1.97 bits per heavy atom. The zero-order valence-corrected chi connectivity index (χ0v) is 18.2. The van der Waals surface area contributed by atoms with E-state index in [4.69, 9.17) is 0 Å². The van der Waals surface area contributed by atoms with Crippen molar-refractivity contribution in [2.24, 2.45) is 11.8 Å². The molecule has 1 saturated heterocycles. The van der Waals surface area contributed by atoms with E-state index in [0.29, 0.717) is 31.4 Å². The highest BCUT2D eigenvalue weighted by Gasteiger charge is 2.31. The summed E-state index contributed by atoms with van der Waals surface area (Å²) in [6.07, 6.45) is 0.160. The maximum absolute atomic E-state index is 12.8. The van der Waals surface area contributed by atoms with E-state index in [1.165, 1.54) is 0 Å². The molecule has 0 radical (unpaired) electrons. The van der Waals surface area contributed by atoms with E-state index in [9.17, 15) is 24.3 Å². The molecule has 5 N–H and O–H groups in total. The minimum Gasteiger partial charge on any atom is -0.370 e. The molecule has 1 aromatic carbocycles. The van der Waals surface area contributed by atoms with Gasteiger partial charge in [-0.1, -0.05) is 32.0 Å². The standard InChI is InChI=1S/C22H32N4O5/c1-13(2)10-18(20(29)24-16(12-27)11-15-8-9-23-19(15)28)26-22(31)21(30)25-17-7-5-4-6-14(17)3/h4-7,12-13,15-16,18,22,26,31H,8-11H2,1-3H3,(H,23,28)(H,24,29)(H,25,30)/t15-,16-,18-,22?/m0/s1. The first-order valence-electron chi connectivity index (χ1n) is 10.5. The third kappa shape index (κ3) is 7.45. The molecule has 0 aliphatic carbocycles. The van der Waals surface area contributed by atoms with Crippen molar-refractivity contribution < 1.29 is 24.3 Å². The van der Waals surface area contributed by atoms with Crippen LogP contribution in [-0.4, -0.2) is 54.0 Å². The molecular weight excluding hydrogens is 400 g/mol. The van der Waals surface area contributed by atoms with Crippen LogP contribution in [0.4, 0.5) is 5.69 Å². The first-order valence-corrected chi connectivity index (χ1v) is 10.5.